The van der Waals surface area contributed by atoms with Crippen LogP contribution < -0.4 is 10.2 Å². The van der Waals surface area contributed by atoms with Crippen molar-refractivity contribution in [3.05, 3.63) is 85.1 Å². The fourth-order valence-electron chi connectivity index (χ4n) is 7.70. The van der Waals surface area contributed by atoms with Crippen molar-refractivity contribution in [2.45, 2.75) is 49.9 Å². The average Bonchev–Trinajstić information content (AvgIpc) is 3.89. The lowest BCUT2D eigenvalue weighted by atomic mass is 10.1. The Hall–Kier alpha value is -5.46. The second kappa shape index (κ2) is 10.5. The Balaban J connectivity index is 1.14. The van der Waals surface area contributed by atoms with Gasteiger partial charge in [0.15, 0.2) is 11.5 Å². The van der Waals surface area contributed by atoms with Gasteiger partial charge in [0.25, 0.3) is 0 Å². The number of amides is 1. The molecule has 47 heavy (non-hydrogen) atoms. The number of hydrogen-bond donors (Lipinski definition) is 1. The van der Waals surface area contributed by atoms with Crippen LogP contribution in [0.5, 0.6) is 0 Å². The van der Waals surface area contributed by atoms with Gasteiger partial charge in [0.05, 0.1) is 34.6 Å². The molecular formula is C34H30F2N10O. The highest BCUT2D eigenvalue weighted by atomic mass is 19.1. The number of carbonyl (C=O) groups excluding carboxylic acids is 1. The molecule has 13 heteroatoms. The molecule has 0 spiro atoms. The Morgan fingerprint density at radius 3 is 2.72 bits per heavy atom. The molecule has 2 aliphatic heterocycles. The highest BCUT2D eigenvalue weighted by Crippen LogP contribution is 2.39. The van der Waals surface area contributed by atoms with Gasteiger partial charge in [-0.25, -0.2) is 33.4 Å². The zero-order valence-corrected chi connectivity index (χ0v) is 25.5. The lowest BCUT2D eigenvalue weighted by Gasteiger charge is -2.32. The largest absolute Gasteiger partial charge is 0.365 e. The van der Waals surface area contributed by atoms with Crippen LogP contribution in [0.2, 0.25) is 0 Å². The molecule has 2 aromatic carbocycles. The summed E-state index contributed by atoms with van der Waals surface area (Å²) < 4.78 is 32.1. The first kappa shape index (κ1) is 27.8. The van der Waals surface area contributed by atoms with E-state index < -0.39 is 17.7 Å². The summed E-state index contributed by atoms with van der Waals surface area (Å²) in [6.45, 7) is 0.466. The molecule has 1 saturated heterocycles. The second-order valence-corrected chi connectivity index (χ2v) is 12.6. The Morgan fingerprint density at radius 2 is 1.83 bits per heavy atom. The SMILES string of the molecule is CN1C(=O)[C@@H]2C[C@@H](CN2c2ncnc3c2cnn3-c2ccc(F)cc2F)Nc2cccc(n2)-c2cccc3ncn(c23)[C@H]2CC[C@H]1C2. The summed E-state index contributed by atoms with van der Waals surface area (Å²) >= 11 is 0. The summed E-state index contributed by atoms with van der Waals surface area (Å²) in [5.41, 5.74) is 4.29. The van der Waals surface area contributed by atoms with Crippen molar-refractivity contribution >= 4 is 39.6 Å². The third-order valence-corrected chi connectivity index (χ3v) is 9.98. The summed E-state index contributed by atoms with van der Waals surface area (Å²) in [4.78, 5) is 37.2. The Labute approximate surface area is 267 Å². The molecule has 11 nitrogen and oxygen atoms in total. The molecule has 1 aliphatic carbocycles. The Morgan fingerprint density at radius 1 is 0.957 bits per heavy atom. The average molecular weight is 633 g/mol. The first-order valence-electron chi connectivity index (χ1n) is 15.8. The lowest BCUT2D eigenvalue weighted by molar-refractivity contribution is -0.133. The van der Waals surface area contributed by atoms with Crippen molar-refractivity contribution in [1.82, 2.24) is 39.2 Å². The number of imidazole rings is 1. The first-order chi connectivity index (χ1) is 22.9. The van der Waals surface area contributed by atoms with Crippen LogP contribution in [0.25, 0.3) is 39.0 Å². The highest BCUT2D eigenvalue weighted by molar-refractivity contribution is 5.93. The second-order valence-electron chi connectivity index (χ2n) is 12.6. The quantitative estimate of drug-likeness (QED) is 0.280. The van der Waals surface area contributed by atoms with Crippen LogP contribution in [0.1, 0.15) is 31.7 Å². The molecule has 6 heterocycles. The minimum absolute atomic E-state index is 0.0106. The van der Waals surface area contributed by atoms with Crippen molar-refractivity contribution in [2.24, 2.45) is 0 Å². The van der Waals surface area contributed by atoms with Crippen LogP contribution >= 0.6 is 0 Å². The molecule has 0 unspecified atom stereocenters. The van der Waals surface area contributed by atoms with Gasteiger partial charge < -0.3 is 19.7 Å². The number of carbonyl (C=O) groups is 1. The Kier molecular flexibility index (Phi) is 6.24. The maximum Gasteiger partial charge on any atom is 0.245 e. The standard InChI is InChI=1S/C34H30F2N10O/c1-43-21-9-10-22(14-21)45-18-39-27-6-2-4-23(31(27)45)26-5-3-7-30(42-26)41-20-13-29(34(43)47)44(16-20)32-24-15-40-46(33(24)38-17-37-32)28-11-8-19(35)12-25(28)36/h2-8,11-12,15,17-18,20-22,29H,9-10,13-14,16H2,1H3,(H,41,42)/t20-,21-,22-,29-/m0/s1. The van der Waals surface area contributed by atoms with Gasteiger partial charge >= 0.3 is 0 Å². The van der Waals surface area contributed by atoms with E-state index in [0.29, 0.717) is 35.6 Å². The van der Waals surface area contributed by atoms with Crippen molar-refractivity contribution in [3.63, 3.8) is 0 Å². The van der Waals surface area contributed by atoms with Crippen LogP contribution in [-0.2, 0) is 4.79 Å². The van der Waals surface area contributed by atoms with E-state index in [1.165, 1.54) is 23.1 Å². The highest BCUT2D eigenvalue weighted by Gasteiger charge is 2.43. The number of nitrogens with zero attached hydrogens (tertiary/aromatic N) is 9. The molecule has 4 atom stereocenters. The van der Waals surface area contributed by atoms with Crippen LogP contribution in [0, 0.1) is 11.6 Å². The number of hydrogen-bond acceptors (Lipinski definition) is 8. The maximum absolute atomic E-state index is 14.8. The molecule has 3 aliphatic rings. The molecule has 6 aromatic rings. The molecule has 4 aromatic heterocycles. The molecule has 9 rings (SSSR count). The fourth-order valence-corrected chi connectivity index (χ4v) is 7.70. The zero-order valence-electron chi connectivity index (χ0n) is 25.5. The smallest absolute Gasteiger partial charge is 0.245 e. The molecular weight excluding hydrogens is 602 g/mol. The molecule has 0 radical (unpaired) electrons. The number of anilines is 2. The van der Waals surface area contributed by atoms with Gasteiger partial charge in [-0.1, -0.05) is 18.2 Å². The van der Waals surface area contributed by atoms with Gasteiger partial charge in [0.1, 0.15) is 35.5 Å². The minimum atomic E-state index is -0.757. The van der Waals surface area contributed by atoms with Crippen LogP contribution in [0.15, 0.2) is 73.4 Å². The minimum Gasteiger partial charge on any atom is -0.365 e. The van der Waals surface area contributed by atoms with Crippen molar-refractivity contribution in [2.75, 3.05) is 23.8 Å². The first-order valence-corrected chi connectivity index (χ1v) is 15.8. The number of likely N-dealkylation sites (N-methyl/N-ethyl adjacent to an activating group) is 1. The molecule has 6 bridgehead atoms. The van der Waals surface area contributed by atoms with E-state index in [0.717, 1.165) is 47.6 Å². The van der Waals surface area contributed by atoms with E-state index >= 15 is 0 Å². The van der Waals surface area contributed by atoms with Gasteiger partial charge in [0.2, 0.25) is 5.91 Å². The van der Waals surface area contributed by atoms with E-state index in [4.69, 9.17) is 9.97 Å². The summed E-state index contributed by atoms with van der Waals surface area (Å²) in [6, 6.07) is 15.0. The number of para-hydroxylation sites is 1. The monoisotopic (exact) mass is 632 g/mol. The van der Waals surface area contributed by atoms with E-state index in [2.05, 4.69) is 31.0 Å². The van der Waals surface area contributed by atoms with Crippen molar-refractivity contribution in [3.8, 4) is 16.9 Å². The number of halogens is 2. The molecule has 1 saturated carbocycles. The molecule has 1 amide bonds. The maximum atomic E-state index is 14.8. The number of pyridine rings is 1. The van der Waals surface area contributed by atoms with Gasteiger partial charge in [-0.2, -0.15) is 5.10 Å². The number of nitrogens with one attached hydrogen (secondary N) is 1. The number of rotatable bonds is 2. The number of aromatic nitrogens is 7. The van der Waals surface area contributed by atoms with Crippen LogP contribution in [0.4, 0.5) is 20.4 Å². The van der Waals surface area contributed by atoms with Crippen molar-refractivity contribution in [1.29, 1.82) is 0 Å². The predicted molar refractivity (Wildman–Crippen MR) is 172 cm³/mol. The van der Waals surface area contributed by atoms with E-state index in [-0.39, 0.29) is 29.7 Å². The molecule has 1 N–H and O–H groups in total. The summed E-state index contributed by atoms with van der Waals surface area (Å²) in [6.07, 6.45) is 8.04. The van der Waals surface area contributed by atoms with Gasteiger partial charge in [-0.3, -0.25) is 4.79 Å². The molecule has 2 fully saturated rings. The third kappa shape index (κ3) is 4.43. The molecule has 236 valence electrons. The van der Waals surface area contributed by atoms with E-state index in [1.54, 1.807) is 6.20 Å². The summed E-state index contributed by atoms with van der Waals surface area (Å²) in [5, 5.41) is 8.56. The van der Waals surface area contributed by atoms with E-state index in [9.17, 15) is 13.6 Å². The predicted octanol–water partition coefficient (Wildman–Crippen LogP) is 5.13. The van der Waals surface area contributed by atoms with E-state index in [1.807, 2.05) is 53.5 Å². The topological polar surface area (TPSA) is 110 Å². The zero-order chi connectivity index (χ0) is 31.8. The van der Waals surface area contributed by atoms with Gasteiger partial charge in [0, 0.05) is 43.3 Å². The normalized spacial score (nSPS) is 22.5. The third-order valence-electron chi connectivity index (χ3n) is 9.98. The Bertz CT molecular complexity index is 2200. The van der Waals surface area contributed by atoms with Gasteiger partial charge in [-0.05, 0) is 56.0 Å². The number of fused-ring (bicyclic) bond motifs is 9. The lowest BCUT2D eigenvalue weighted by Crippen LogP contribution is -2.47. The summed E-state index contributed by atoms with van der Waals surface area (Å²) in [7, 11) is 1.90. The summed E-state index contributed by atoms with van der Waals surface area (Å²) in [5.74, 6) is -0.188. The fraction of sp³-hybridized carbons (Fsp3) is 0.294. The van der Waals surface area contributed by atoms with Crippen molar-refractivity contribution < 1.29 is 13.6 Å². The van der Waals surface area contributed by atoms with Crippen LogP contribution in [-0.4, -0.2) is 76.8 Å². The van der Waals surface area contributed by atoms with Crippen LogP contribution in [0.3, 0.4) is 0 Å². The number of benzene rings is 2. The van der Waals surface area contributed by atoms with Gasteiger partial charge in [-0.15, -0.1) is 0 Å².